The molecule has 236 valence electrons. The lowest BCUT2D eigenvalue weighted by Gasteiger charge is -2.30. The molecule has 1 aliphatic heterocycles. The molecule has 5 N–H and O–H groups in total. The molecule has 43 heavy (non-hydrogen) atoms. The van der Waals surface area contributed by atoms with Gasteiger partial charge in [0.15, 0.2) is 6.10 Å². The first kappa shape index (κ1) is 35.3. The zero-order chi connectivity index (χ0) is 32.4. The first-order valence-corrected chi connectivity index (χ1v) is 14.1. The molecule has 0 spiro atoms. The molecular weight excluding hydrogens is 558 g/mol. The second-order valence-corrected chi connectivity index (χ2v) is 10.8. The number of fused-ring (bicyclic) bond motifs is 2. The molecule has 2 bridgehead atoms. The molecule has 1 heterocycles. The minimum Gasteiger partial charge on any atom is -0.439 e. The van der Waals surface area contributed by atoms with E-state index in [9.17, 15) is 29.1 Å². The van der Waals surface area contributed by atoms with Crippen LogP contribution in [0, 0.1) is 11.8 Å². The molecule has 0 fully saturated rings. The fraction of sp³-hybridized carbons (Fsp3) is 0.516. The van der Waals surface area contributed by atoms with Gasteiger partial charge in [0.05, 0.1) is 23.6 Å². The number of allylic oxidation sites excluding steroid dienone is 4. The summed E-state index contributed by atoms with van der Waals surface area (Å²) in [6.07, 6.45) is 3.28. The van der Waals surface area contributed by atoms with E-state index in [-0.39, 0.29) is 47.7 Å². The number of carbonyl (C=O) groups is 5. The van der Waals surface area contributed by atoms with Gasteiger partial charge in [-0.2, -0.15) is 0 Å². The van der Waals surface area contributed by atoms with Gasteiger partial charge in [0, 0.05) is 43.8 Å². The first-order valence-electron chi connectivity index (χ1n) is 14.1. The molecule has 0 saturated carbocycles. The molecule has 2 rings (SSSR count). The van der Waals surface area contributed by atoms with Crippen LogP contribution in [0.25, 0.3) is 0 Å². The van der Waals surface area contributed by atoms with Gasteiger partial charge in [0.25, 0.3) is 5.91 Å². The Morgan fingerprint density at radius 3 is 2.40 bits per heavy atom. The second-order valence-electron chi connectivity index (χ2n) is 10.8. The van der Waals surface area contributed by atoms with Crippen molar-refractivity contribution in [1.29, 1.82) is 0 Å². The van der Waals surface area contributed by atoms with Gasteiger partial charge in [-0.1, -0.05) is 45.1 Å². The third-order valence-corrected chi connectivity index (χ3v) is 7.38. The molecule has 0 saturated heterocycles. The van der Waals surface area contributed by atoms with E-state index in [1.54, 1.807) is 32.9 Å². The fourth-order valence-electron chi connectivity index (χ4n) is 4.95. The summed E-state index contributed by atoms with van der Waals surface area (Å²) in [5.74, 6) is -3.06. The van der Waals surface area contributed by atoms with Crippen molar-refractivity contribution in [1.82, 2.24) is 10.6 Å². The number of hydrogen-bond donors (Lipinski definition) is 4. The van der Waals surface area contributed by atoms with E-state index in [0.29, 0.717) is 5.57 Å². The Bertz CT molecular complexity index is 1260. The van der Waals surface area contributed by atoms with Gasteiger partial charge in [-0.05, 0) is 38.2 Å². The van der Waals surface area contributed by atoms with Crippen LogP contribution in [0.5, 0.6) is 0 Å². The largest absolute Gasteiger partial charge is 0.439 e. The van der Waals surface area contributed by atoms with Crippen molar-refractivity contribution in [3.8, 4) is 0 Å². The highest BCUT2D eigenvalue weighted by atomic mass is 16.6. The van der Waals surface area contributed by atoms with Gasteiger partial charge >= 0.3 is 6.09 Å². The smallest absolute Gasteiger partial charge is 0.405 e. The van der Waals surface area contributed by atoms with Crippen molar-refractivity contribution < 1.29 is 43.3 Å². The van der Waals surface area contributed by atoms with Gasteiger partial charge in [0.1, 0.15) is 6.10 Å². The van der Waals surface area contributed by atoms with E-state index in [1.165, 1.54) is 33.3 Å². The van der Waals surface area contributed by atoms with Gasteiger partial charge < -0.3 is 35.7 Å². The predicted molar refractivity (Wildman–Crippen MR) is 158 cm³/mol. The number of methoxy groups -OCH3 is 2. The molecule has 0 radical (unpaired) electrons. The number of aliphatic hydroxyl groups is 1. The summed E-state index contributed by atoms with van der Waals surface area (Å²) in [6, 6.07) is 0. The maximum absolute atomic E-state index is 13.6. The zero-order valence-corrected chi connectivity index (χ0v) is 25.8. The number of hydrogen-bond acceptors (Lipinski definition) is 9. The Hall–Kier alpha value is -3.87. The van der Waals surface area contributed by atoms with Crippen LogP contribution in [-0.2, 0) is 33.4 Å². The highest BCUT2D eigenvalue weighted by Gasteiger charge is 2.34. The molecule has 1 aliphatic carbocycles. The SMILES string of the molecule is CCC(=O)NC1=C2C[C@@H](C)C[C@H](OC)[C@H](O)[C@@H](C)/C=C(\C)[C@H](OC(N)=O)[C@H](OC)/C=C\C=C(/C)C(=O)NC(=CC1=O)C2=O. The van der Waals surface area contributed by atoms with Crippen LogP contribution in [0.3, 0.4) is 0 Å². The highest BCUT2D eigenvalue weighted by Crippen LogP contribution is 2.29. The quantitative estimate of drug-likeness (QED) is 0.271. The Kier molecular flexibility index (Phi) is 13.2. The van der Waals surface area contributed by atoms with E-state index in [1.807, 2.05) is 6.92 Å². The average molecular weight is 602 g/mol. The number of nitrogens with one attached hydrogen (secondary N) is 2. The third kappa shape index (κ3) is 9.57. The monoisotopic (exact) mass is 601 g/mol. The molecule has 6 atom stereocenters. The van der Waals surface area contributed by atoms with Crippen LogP contribution in [-0.4, -0.2) is 73.2 Å². The Balaban J connectivity index is 2.64. The summed E-state index contributed by atoms with van der Waals surface area (Å²) in [4.78, 5) is 63.5. The van der Waals surface area contributed by atoms with Gasteiger partial charge in [-0.25, -0.2) is 4.79 Å². The van der Waals surface area contributed by atoms with Gasteiger partial charge in [-0.15, -0.1) is 0 Å². The topological polar surface area (TPSA) is 183 Å². The lowest BCUT2D eigenvalue weighted by atomic mass is 9.85. The lowest BCUT2D eigenvalue weighted by molar-refractivity contribution is -0.122. The van der Waals surface area contributed by atoms with Crippen LogP contribution in [0.4, 0.5) is 4.79 Å². The molecule has 3 amide bonds. The molecule has 12 nitrogen and oxygen atoms in total. The number of nitrogens with two attached hydrogens (primary N) is 1. The Labute approximate surface area is 252 Å². The van der Waals surface area contributed by atoms with Crippen LogP contribution >= 0.6 is 0 Å². The van der Waals surface area contributed by atoms with Crippen molar-refractivity contribution in [2.24, 2.45) is 17.6 Å². The van der Waals surface area contributed by atoms with Crippen molar-refractivity contribution >= 4 is 29.5 Å². The number of primary amides is 1. The molecule has 12 heteroatoms. The Morgan fingerprint density at radius 1 is 1.14 bits per heavy atom. The maximum atomic E-state index is 13.6. The average Bonchev–Trinajstić information content (AvgIpc) is 2.95. The molecule has 2 aliphatic rings. The second kappa shape index (κ2) is 16.1. The summed E-state index contributed by atoms with van der Waals surface area (Å²) >= 11 is 0. The summed E-state index contributed by atoms with van der Waals surface area (Å²) in [5, 5.41) is 16.3. The molecule has 0 aromatic carbocycles. The predicted octanol–water partition coefficient (Wildman–Crippen LogP) is 2.29. The number of ketones is 2. The molecular formula is C31H43N3O9. The number of Topliss-reactive ketones (excluding diaryl/α,β-unsaturated/α-hetero) is 1. The van der Waals surface area contributed by atoms with Gasteiger partial charge in [0.2, 0.25) is 17.5 Å². The van der Waals surface area contributed by atoms with Crippen molar-refractivity contribution in [3.63, 3.8) is 0 Å². The fourth-order valence-corrected chi connectivity index (χ4v) is 4.95. The maximum Gasteiger partial charge on any atom is 0.405 e. The van der Waals surface area contributed by atoms with Crippen molar-refractivity contribution in [2.45, 2.75) is 78.3 Å². The minimum atomic E-state index is -1.02. The summed E-state index contributed by atoms with van der Waals surface area (Å²) < 4.78 is 16.5. The summed E-state index contributed by atoms with van der Waals surface area (Å²) in [7, 11) is 2.87. The number of amides is 3. The van der Waals surface area contributed by atoms with Crippen LogP contribution in [0.15, 0.2) is 58.5 Å². The van der Waals surface area contributed by atoms with Crippen molar-refractivity contribution in [3.05, 3.63) is 58.5 Å². The zero-order valence-electron chi connectivity index (χ0n) is 25.8. The third-order valence-electron chi connectivity index (χ3n) is 7.38. The van der Waals surface area contributed by atoms with E-state index in [2.05, 4.69) is 10.6 Å². The molecule has 0 aromatic heterocycles. The van der Waals surface area contributed by atoms with Crippen LogP contribution < -0.4 is 16.4 Å². The van der Waals surface area contributed by atoms with Crippen molar-refractivity contribution in [2.75, 3.05) is 14.2 Å². The van der Waals surface area contributed by atoms with Gasteiger partial charge in [-0.3, -0.25) is 19.2 Å². The number of aliphatic hydroxyl groups excluding tert-OH is 1. The minimum absolute atomic E-state index is 0.0547. The number of rotatable bonds is 5. The standard InChI is InChI=1S/C31H43N3O9/c1-8-25(36)34-26-20-12-16(2)13-24(42-7)27(37)18(4)14-19(5)29(43-31(32)40)23(41-6)11-9-10-17(3)30(39)33-21(28(20)38)15-22(26)35/h9-11,14-16,18,23-24,27,29,37H,8,12-13H2,1-7H3,(H2,32,40)(H,33,39)(H,34,36)/b11-9-,17-10+,19-14+/t16-,18+,23-,24+,27-,29+/m1/s1. The Morgan fingerprint density at radius 2 is 1.81 bits per heavy atom. The van der Waals surface area contributed by atoms with E-state index < -0.39 is 59.8 Å². The molecule has 0 unspecified atom stereocenters. The normalized spacial score (nSPS) is 31.2. The van der Waals surface area contributed by atoms with E-state index in [4.69, 9.17) is 19.9 Å². The highest BCUT2D eigenvalue weighted by molar-refractivity contribution is 6.24. The first-order chi connectivity index (χ1) is 20.2. The molecule has 0 aromatic rings. The number of carbonyl (C=O) groups excluding carboxylic acids is 5. The van der Waals surface area contributed by atoms with E-state index >= 15 is 0 Å². The van der Waals surface area contributed by atoms with E-state index in [0.717, 1.165) is 6.08 Å². The van der Waals surface area contributed by atoms with Crippen LogP contribution in [0.2, 0.25) is 0 Å². The summed E-state index contributed by atoms with van der Waals surface area (Å²) in [5.41, 5.74) is 5.80. The lowest BCUT2D eigenvalue weighted by Crippen LogP contribution is -2.38. The van der Waals surface area contributed by atoms with Crippen LogP contribution in [0.1, 0.15) is 53.9 Å². The summed E-state index contributed by atoms with van der Waals surface area (Å²) in [6.45, 7) is 8.45. The number of ether oxygens (including phenoxy) is 3.